The number of hydrogen-bond acceptors (Lipinski definition) is 2. The maximum Gasteiger partial charge on any atom is 0.182 e. The van der Waals surface area contributed by atoms with Crippen LogP contribution in [0.25, 0.3) is 0 Å². The Hall–Kier alpha value is -1.61. The van der Waals surface area contributed by atoms with E-state index in [2.05, 4.69) is 16.5 Å². The minimum atomic E-state index is -0.500. The average molecular weight is 291 g/mol. The average Bonchev–Trinajstić information content (AvgIpc) is 2.73. The number of aryl methyl sites for hydroxylation is 1. The zero-order valence-corrected chi connectivity index (χ0v) is 13.0. The van der Waals surface area contributed by atoms with Crippen LogP contribution in [-0.4, -0.2) is 20.7 Å². The molecule has 0 aliphatic rings. The predicted molar refractivity (Wildman–Crippen MR) is 81.6 cm³/mol. The van der Waals surface area contributed by atoms with Crippen molar-refractivity contribution in [1.29, 1.82) is 0 Å². The Morgan fingerprint density at radius 1 is 1.25 bits per heavy atom. The number of ketones is 1. The minimum Gasteiger partial charge on any atom is -0.341 e. The lowest BCUT2D eigenvalue weighted by Crippen LogP contribution is -2.14. The normalized spacial score (nSPS) is 14.1. The number of rotatable bonds is 4. The first-order valence-corrected chi connectivity index (χ1v) is 7.13. The molecule has 0 aliphatic heterocycles. The second-order valence-corrected chi connectivity index (χ2v) is 5.75. The molecule has 0 aromatic carbocycles. The van der Waals surface area contributed by atoms with Crippen molar-refractivity contribution in [3.05, 3.63) is 53.1 Å². The highest BCUT2D eigenvalue weighted by molar-refractivity contribution is 6.33. The van der Waals surface area contributed by atoms with E-state index in [0.29, 0.717) is 5.56 Å². The van der Waals surface area contributed by atoms with E-state index in [0.717, 1.165) is 11.4 Å². The van der Waals surface area contributed by atoms with Gasteiger partial charge in [-0.1, -0.05) is 0 Å². The maximum absolute atomic E-state index is 12.1. The number of aromatic nitrogens is 2. The van der Waals surface area contributed by atoms with Gasteiger partial charge in [0.2, 0.25) is 0 Å². The van der Waals surface area contributed by atoms with E-state index in [1.165, 1.54) is 5.56 Å². The van der Waals surface area contributed by atoms with E-state index in [9.17, 15) is 4.79 Å². The van der Waals surface area contributed by atoms with E-state index in [1.54, 1.807) is 19.3 Å². The summed E-state index contributed by atoms with van der Waals surface area (Å²) in [6.45, 7) is 7.81. The first-order chi connectivity index (χ1) is 9.43. The van der Waals surface area contributed by atoms with Gasteiger partial charge in [0.1, 0.15) is 0 Å². The molecule has 4 heteroatoms. The molecule has 106 valence electrons. The lowest BCUT2D eigenvalue weighted by molar-refractivity contribution is 0.0991. The molecule has 20 heavy (non-hydrogen) atoms. The van der Waals surface area contributed by atoms with Crippen LogP contribution in [0.1, 0.15) is 47.2 Å². The highest BCUT2D eigenvalue weighted by Crippen LogP contribution is 2.26. The Labute approximate surface area is 124 Å². The third-order valence-corrected chi connectivity index (χ3v) is 3.89. The second kappa shape index (κ2) is 5.80. The van der Waals surface area contributed by atoms with E-state index >= 15 is 0 Å². The van der Waals surface area contributed by atoms with Crippen LogP contribution in [0.5, 0.6) is 0 Å². The molecule has 0 saturated carbocycles. The minimum absolute atomic E-state index is 0.0204. The smallest absolute Gasteiger partial charge is 0.182 e. The molecule has 0 spiro atoms. The third kappa shape index (κ3) is 2.63. The Bertz CT molecular complexity index is 617. The number of pyridine rings is 1. The van der Waals surface area contributed by atoms with Crippen molar-refractivity contribution in [2.24, 2.45) is 0 Å². The van der Waals surface area contributed by atoms with Crippen molar-refractivity contribution in [3.8, 4) is 0 Å². The van der Waals surface area contributed by atoms with Crippen LogP contribution in [0.2, 0.25) is 0 Å². The quantitative estimate of drug-likeness (QED) is 0.632. The van der Waals surface area contributed by atoms with Gasteiger partial charge < -0.3 is 4.57 Å². The molecule has 0 aliphatic carbocycles. The molecule has 2 aromatic rings. The van der Waals surface area contributed by atoms with E-state index in [-0.39, 0.29) is 11.8 Å². The Morgan fingerprint density at radius 2 is 1.85 bits per heavy atom. The standard InChI is InChI=1S/C16H19ClN2O/c1-10-9-15(16(20)11(2)17)13(4)19(10)12(3)14-5-7-18-8-6-14/h5-9,11-12H,1-4H3. The van der Waals surface area contributed by atoms with E-state index in [1.807, 2.05) is 32.0 Å². The van der Waals surface area contributed by atoms with E-state index in [4.69, 9.17) is 11.6 Å². The second-order valence-electron chi connectivity index (χ2n) is 5.09. The summed E-state index contributed by atoms with van der Waals surface area (Å²) in [7, 11) is 0. The Balaban J connectivity index is 2.46. The summed E-state index contributed by atoms with van der Waals surface area (Å²) >= 11 is 5.93. The van der Waals surface area contributed by atoms with Gasteiger partial charge in [-0.2, -0.15) is 0 Å². The van der Waals surface area contributed by atoms with Gasteiger partial charge in [-0.05, 0) is 51.5 Å². The van der Waals surface area contributed by atoms with Crippen molar-refractivity contribution in [1.82, 2.24) is 9.55 Å². The largest absolute Gasteiger partial charge is 0.341 e. The maximum atomic E-state index is 12.1. The molecule has 2 atom stereocenters. The number of nitrogens with zero attached hydrogens (tertiary/aromatic N) is 2. The predicted octanol–water partition coefficient (Wildman–Crippen LogP) is 3.92. The van der Waals surface area contributed by atoms with E-state index < -0.39 is 5.38 Å². The molecule has 2 heterocycles. The van der Waals surface area contributed by atoms with Crippen molar-refractivity contribution < 1.29 is 4.79 Å². The monoisotopic (exact) mass is 290 g/mol. The van der Waals surface area contributed by atoms with Gasteiger partial charge in [-0.3, -0.25) is 9.78 Å². The van der Waals surface area contributed by atoms with Gasteiger partial charge >= 0.3 is 0 Å². The number of carbonyl (C=O) groups is 1. The van der Waals surface area contributed by atoms with Crippen LogP contribution < -0.4 is 0 Å². The number of alkyl halides is 1. The van der Waals surface area contributed by atoms with Gasteiger partial charge in [0.25, 0.3) is 0 Å². The lowest BCUT2D eigenvalue weighted by Gasteiger charge is -2.19. The highest BCUT2D eigenvalue weighted by atomic mass is 35.5. The molecule has 0 N–H and O–H groups in total. The van der Waals surface area contributed by atoms with Gasteiger partial charge in [0, 0.05) is 29.3 Å². The fourth-order valence-electron chi connectivity index (χ4n) is 2.63. The SMILES string of the molecule is Cc1cc(C(=O)C(C)Cl)c(C)n1C(C)c1ccncc1. The zero-order chi connectivity index (χ0) is 14.9. The summed E-state index contributed by atoms with van der Waals surface area (Å²) in [5.41, 5.74) is 3.91. The molecule has 0 saturated heterocycles. The molecule has 0 radical (unpaired) electrons. The molecule has 0 fully saturated rings. The summed E-state index contributed by atoms with van der Waals surface area (Å²) in [4.78, 5) is 16.2. The highest BCUT2D eigenvalue weighted by Gasteiger charge is 2.21. The summed E-state index contributed by atoms with van der Waals surface area (Å²) in [6.07, 6.45) is 3.57. The molecule has 3 nitrogen and oxygen atoms in total. The first kappa shape index (κ1) is 14.8. The molecular formula is C16H19ClN2O. The Morgan fingerprint density at radius 3 is 2.40 bits per heavy atom. The van der Waals surface area contributed by atoms with Gasteiger partial charge in [-0.25, -0.2) is 0 Å². The fraction of sp³-hybridized carbons (Fsp3) is 0.375. The van der Waals surface area contributed by atoms with Gasteiger partial charge in [-0.15, -0.1) is 11.6 Å². The van der Waals surface area contributed by atoms with Crippen LogP contribution in [0.3, 0.4) is 0 Å². The van der Waals surface area contributed by atoms with Gasteiger partial charge in [0.05, 0.1) is 11.4 Å². The van der Waals surface area contributed by atoms with Crippen molar-refractivity contribution >= 4 is 17.4 Å². The summed E-state index contributed by atoms with van der Waals surface area (Å²) in [5.74, 6) is -0.0204. The number of carbonyl (C=O) groups excluding carboxylic acids is 1. The molecule has 2 unspecified atom stereocenters. The fourth-order valence-corrected chi connectivity index (χ4v) is 2.75. The first-order valence-electron chi connectivity index (χ1n) is 6.70. The molecule has 0 amide bonds. The van der Waals surface area contributed by atoms with Crippen LogP contribution >= 0.6 is 11.6 Å². The van der Waals surface area contributed by atoms with Crippen LogP contribution in [-0.2, 0) is 0 Å². The number of halogens is 1. The van der Waals surface area contributed by atoms with Crippen LogP contribution in [0.4, 0.5) is 0 Å². The van der Waals surface area contributed by atoms with Crippen molar-refractivity contribution in [2.75, 3.05) is 0 Å². The summed E-state index contributed by atoms with van der Waals surface area (Å²) < 4.78 is 2.17. The number of Topliss-reactive ketones (excluding diaryl/α,β-unsaturated/α-hetero) is 1. The molecule has 0 bridgehead atoms. The Kier molecular flexibility index (Phi) is 4.29. The summed E-state index contributed by atoms with van der Waals surface area (Å²) in [5, 5.41) is -0.500. The molecular weight excluding hydrogens is 272 g/mol. The van der Waals surface area contributed by atoms with Crippen molar-refractivity contribution in [3.63, 3.8) is 0 Å². The lowest BCUT2D eigenvalue weighted by atomic mass is 10.1. The molecule has 2 aromatic heterocycles. The number of hydrogen-bond donors (Lipinski definition) is 0. The summed E-state index contributed by atoms with van der Waals surface area (Å²) in [6, 6.07) is 6.07. The molecule has 2 rings (SSSR count). The zero-order valence-electron chi connectivity index (χ0n) is 12.2. The third-order valence-electron chi connectivity index (χ3n) is 3.69. The van der Waals surface area contributed by atoms with Gasteiger partial charge in [0.15, 0.2) is 5.78 Å². The van der Waals surface area contributed by atoms with Crippen LogP contribution in [0.15, 0.2) is 30.6 Å². The topological polar surface area (TPSA) is 34.9 Å². The van der Waals surface area contributed by atoms with Crippen molar-refractivity contribution in [2.45, 2.75) is 39.1 Å². The van der Waals surface area contributed by atoms with Crippen LogP contribution in [0, 0.1) is 13.8 Å².